The molecule has 0 aromatic heterocycles. The summed E-state index contributed by atoms with van der Waals surface area (Å²) in [6.07, 6.45) is 0. The molecular formula is C21H25FN2O4. The van der Waals surface area contributed by atoms with Gasteiger partial charge in [-0.25, -0.2) is 4.39 Å². The van der Waals surface area contributed by atoms with Gasteiger partial charge in [-0.3, -0.25) is 9.59 Å². The Labute approximate surface area is 164 Å². The molecule has 0 bridgehead atoms. The minimum atomic E-state index is -0.331. The van der Waals surface area contributed by atoms with Gasteiger partial charge in [-0.1, -0.05) is 18.2 Å². The summed E-state index contributed by atoms with van der Waals surface area (Å²) in [4.78, 5) is 25.9. The van der Waals surface area contributed by atoms with E-state index in [0.29, 0.717) is 18.0 Å². The number of nitrogens with one attached hydrogen (secondary N) is 1. The van der Waals surface area contributed by atoms with Crippen LogP contribution in [-0.2, 0) is 16.1 Å². The first-order chi connectivity index (χ1) is 13.4. The maximum atomic E-state index is 12.9. The molecule has 0 heterocycles. The van der Waals surface area contributed by atoms with Crippen LogP contribution < -0.4 is 14.8 Å². The van der Waals surface area contributed by atoms with E-state index in [1.54, 1.807) is 25.1 Å². The van der Waals surface area contributed by atoms with Gasteiger partial charge in [-0.2, -0.15) is 0 Å². The Bertz CT molecular complexity index is 809. The van der Waals surface area contributed by atoms with Gasteiger partial charge in [0.2, 0.25) is 5.91 Å². The van der Waals surface area contributed by atoms with E-state index in [2.05, 4.69) is 5.32 Å². The highest BCUT2D eigenvalue weighted by molar-refractivity contribution is 5.85. The highest BCUT2D eigenvalue weighted by atomic mass is 19.1. The number of benzene rings is 2. The Hall–Kier alpha value is -3.09. The molecule has 0 aliphatic rings. The normalized spacial score (nSPS) is 10.3. The van der Waals surface area contributed by atoms with Crippen molar-refractivity contribution in [1.82, 2.24) is 10.2 Å². The molecule has 1 N–H and O–H groups in total. The van der Waals surface area contributed by atoms with E-state index in [-0.39, 0.29) is 37.3 Å². The molecule has 0 saturated carbocycles. The second kappa shape index (κ2) is 10.3. The van der Waals surface area contributed by atoms with E-state index in [1.165, 1.54) is 24.1 Å². The van der Waals surface area contributed by atoms with Crippen molar-refractivity contribution in [3.8, 4) is 11.5 Å². The second-order valence-corrected chi connectivity index (χ2v) is 6.25. The lowest BCUT2D eigenvalue weighted by Gasteiger charge is -2.21. The van der Waals surface area contributed by atoms with Gasteiger partial charge in [0.25, 0.3) is 5.91 Å². The van der Waals surface area contributed by atoms with E-state index in [9.17, 15) is 14.0 Å². The first-order valence-electron chi connectivity index (χ1n) is 8.99. The SMILES string of the molecule is CCN(CC(=O)NCc1ccc(F)cc1)C(=O)COc1ccc(C)cc1OC. The number of hydrogen-bond acceptors (Lipinski definition) is 4. The lowest BCUT2D eigenvalue weighted by Crippen LogP contribution is -2.42. The number of hydrogen-bond donors (Lipinski definition) is 1. The summed E-state index contributed by atoms with van der Waals surface area (Å²) in [5, 5.41) is 2.72. The van der Waals surface area contributed by atoms with E-state index in [4.69, 9.17) is 9.47 Å². The third kappa shape index (κ3) is 6.26. The molecule has 28 heavy (non-hydrogen) atoms. The molecule has 0 saturated heterocycles. The largest absolute Gasteiger partial charge is 0.493 e. The van der Waals surface area contributed by atoms with E-state index < -0.39 is 0 Å². The molecule has 2 rings (SSSR count). The quantitative estimate of drug-likeness (QED) is 0.717. The second-order valence-electron chi connectivity index (χ2n) is 6.25. The Kier molecular flexibility index (Phi) is 7.80. The number of likely N-dealkylation sites (N-methyl/N-ethyl adjacent to an activating group) is 1. The van der Waals surface area contributed by atoms with Crippen molar-refractivity contribution in [1.29, 1.82) is 0 Å². The van der Waals surface area contributed by atoms with Crippen molar-refractivity contribution in [2.45, 2.75) is 20.4 Å². The fraction of sp³-hybridized carbons (Fsp3) is 0.333. The number of carbonyl (C=O) groups excluding carboxylic acids is 2. The molecule has 150 valence electrons. The lowest BCUT2D eigenvalue weighted by molar-refractivity contribution is -0.137. The highest BCUT2D eigenvalue weighted by Gasteiger charge is 2.17. The topological polar surface area (TPSA) is 67.9 Å². The first kappa shape index (κ1) is 21.2. The lowest BCUT2D eigenvalue weighted by atomic mass is 10.2. The zero-order valence-electron chi connectivity index (χ0n) is 16.3. The van der Waals surface area contributed by atoms with E-state index in [0.717, 1.165) is 11.1 Å². The molecule has 0 aliphatic carbocycles. The molecule has 6 nitrogen and oxygen atoms in total. The van der Waals surface area contributed by atoms with Crippen LogP contribution in [0, 0.1) is 12.7 Å². The molecule has 0 atom stereocenters. The number of halogens is 1. The van der Waals surface area contributed by atoms with Gasteiger partial charge in [-0.15, -0.1) is 0 Å². The van der Waals surface area contributed by atoms with Crippen molar-refractivity contribution < 1.29 is 23.5 Å². The number of methoxy groups -OCH3 is 1. The Morgan fingerprint density at radius 2 is 1.82 bits per heavy atom. The molecule has 0 spiro atoms. The third-order valence-corrected chi connectivity index (χ3v) is 4.14. The van der Waals surface area contributed by atoms with Crippen LogP contribution >= 0.6 is 0 Å². The summed E-state index contributed by atoms with van der Waals surface area (Å²) in [6, 6.07) is 11.3. The summed E-state index contributed by atoms with van der Waals surface area (Å²) in [6.45, 7) is 4.08. The van der Waals surface area contributed by atoms with Crippen LogP contribution in [0.2, 0.25) is 0 Å². The number of nitrogens with zero attached hydrogens (tertiary/aromatic N) is 1. The predicted octanol–water partition coefficient (Wildman–Crippen LogP) is 2.69. The summed E-state index contributed by atoms with van der Waals surface area (Å²) in [5.41, 5.74) is 1.79. The third-order valence-electron chi connectivity index (χ3n) is 4.14. The summed E-state index contributed by atoms with van der Waals surface area (Å²) >= 11 is 0. The monoisotopic (exact) mass is 388 g/mol. The minimum absolute atomic E-state index is 0.0785. The number of aryl methyl sites for hydroxylation is 1. The Balaban J connectivity index is 1.85. The van der Waals surface area contributed by atoms with Gasteiger partial charge in [0.05, 0.1) is 13.7 Å². The Morgan fingerprint density at radius 1 is 1.11 bits per heavy atom. The summed E-state index contributed by atoms with van der Waals surface area (Å²) in [5.74, 6) is 0.0868. The van der Waals surface area contributed by atoms with Crippen LogP contribution in [0.1, 0.15) is 18.1 Å². The van der Waals surface area contributed by atoms with Gasteiger partial charge in [0.15, 0.2) is 18.1 Å². The molecule has 0 unspecified atom stereocenters. The molecule has 0 radical (unpaired) electrons. The average molecular weight is 388 g/mol. The fourth-order valence-electron chi connectivity index (χ4n) is 2.53. The number of rotatable bonds is 9. The summed E-state index contributed by atoms with van der Waals surface area (Å²) in [7, 11) is 1.53. The van der Waals surface area contributed by atoms with Crippen LogP contribution in [0.15, 0.2) is 42.5 Å². The fourth-order valence-corrected chi connectivity index (χ4v) is 2.53. The van der Waals surface area contributed by atoms with Crippen LogP contribution in [0.25, 0.3) is 0 Å². The van der Waals surface area contributed by atoms with Gasteiger partial charge in [0.1, 0.15) is 5.82 Å². The van der Waals surface area contributed by atoms with Crippen molar-refractivity contribution in [2.24, 2.45) is 0 Å². The predicted molar refractivity (Wildman–Crippen MR) is 104 cm³/mol. The smallest absolute Gasteiger partial charge is 0.260 e. The van der Waals surface area contributed by atoms with E-state index >= 15 is 0 Å². The summed E-state index contributed by atoms with van der Waals surface area (Å²) < 4.78 is 23.7. The first-order valence-corrected chi connectivity index (χ1v) is 8.99. The Morgan fingerprint density at radius 3 is 2.46 bits per heavy atom. The molecule has 2 aromatic rings. The molecule has 0 aliphatic heterocycles. The van der Waals surface area contributed by atoms with Crippen molar-refractivity contribution in [3.05, 3.63) is 59.4 Å². The van der Waals surface area contributed by atoms with Crippen LogP contribution in [0.3, 0.4) is 0 Å². The number of amides is 2. The number of ether oxygens (including phenoxy) is 2. The zero-order chi connectivity index (χ0) is 20.5. The molecule has 7 heteroatoms. The maximum absolute atomic E-state index is 12.9. The maximum Gasteiger partial charge on any atom is 0.260 e. The van der Waals surface area contributed by atoms with Crippen molar-refractivity contribution in [2.75, 3.05) is 26.8 Å². The van der Waals surface area contributed by atoms with Gasteiger partial charge in [0, 0.05) is 13.1 Å². The van der Waals surface area contributed by atoms with Crippen LogP contribution in [-0.4, -0.2) is 43.5 Å². The minimum Gasteiger partial charge on any atom is -0.493 e. The van der Waals surface area contributed by atoms with Crippen LogP contribution in [0.5, 0.6) is 11.5 Å². The molecule has 2 aromatic carbocycles. The van der Waals surface area contributed by atoms with Gasteiger partial charge in [-0.05, 0) is 49.2 Å². The van der Waals surface area contributed by atoms with Gasteiger partial charge < -0.3 is 19.7 Å². The zero-order valence-corrected chi connectivity index (χ0v) is 16.3. The van der Waals surface area contributed by atoms with Crippen molar-refractivity contribution >= 4 is 11.8 Å². The molecule has 0 fully saturated rings. The van der Waals surface area contributed by atoms with E-state index in [1.807, 2.05) is 19.1 Å². The van der Waals surface area contributed by atoms with Crippen molar-refractivity contribution in [3.63, 3.8) is 0 Å². The van der Waals surface area contributed by atoms with Gasteiger partial charge >= 0.3 is 0 Å². The highest BCUT2D eigenvalue weighted by Crippen LogP contribution is 2.27. The number of carbonyl (C=O) groups is 2. The standard InChI is InChI=1S/C21H25FN2O4/c1-4-24(13-20(25)23-12-16-6-8-17(22)9-7-16)21(26)14-28-18-10-5-15(2)11-19(18)27-3/h5-11H,4,12-14H2,1-3H3,(H,23,25). The average Bonchev–Trinajstić information content (AvgIpc) is 2.70. The molecule has 2 amide bonds. The van der Waals surface area contributed by atoms with Crippen LogP contribution in [0.4, 0.5) is 4.39 Å². The molecular weight excluding hydrogens is 363 g/mol.